The van der Waals surface area contributed by atoms with Gasteiger partial charge in [-0.15, -0.1) is 0 Å². The number of ether oxygens (including phenoxy) is 4. The molecule has 0 aromatic carbocycles. The van der Waals surface area contributed by atoms with Gasteiger partial charge in [-0.3, -0.25) is 0 Å². The highest BCUT2D eigenvalue weighted by atomic mass is 19.4. The maximum Gasteiger partial charge on any atom is 0.411 e. The van der Waals surface area contributed by atoms with Crippen molar-refractivity contribution in [3.8, 4) is 0 Å². The third-order valence-electron chi connectivity index (χ3n) is 3.16. The van der Waals surface area contributed by atoms with Gasteiger partial charge in [0.2, 0.25) is 0 Å². The molecule has 0 amide bonds. The molecular formula is C11H17F3O4. The summed E-state index contributed by atoms with van der Waals surface area (Å²) in [5.74, 6) is -0.466. The summed E-state index contributed by atoms with van der Waals surface area (Å²) in [6, 6.07) is 0. The first-order valence-electron chi connectivity index (χ1n) is 6.03. The Morgan fingerprint density at radius 3 is 2.28 bits per heavy atom. The lowest BCUT2D eigenvalue weighted by Gasteiger charge is -2.35. The number of alkyl halides is 3. The molecule has 1 aliphatic carbocycles. The van der Waals surface area contributed by atoms with Gasteiger partial charge in [0.05, 0.1) is 19.3 Å². The predicted molar refractivity (Wildman–Crippen MR) is 54.9 cm³/mol. The number of halogens is 3. The zero-order chi connectivity index (χ0) is 13.1. The summed E-state index contributed by atoms with van der Waals surface area (Å²) in [7, 11) is 0. The summed E-state index contributed by atoms with van der Waals surface area (Å²) in [5, 5.41) is 0. The minimum atomic E-state index is -4.30. The molecule has 1 saturated carbocycles. The second-order valence-electron chi connectivity index (χ2n) is 4.56. The lowest BCUT2D eigenvalue weighted by molar-refractivity contribution is -0.219. The van der Waals surface area contributed by atoms with Crippen LogP contribution in [0.1, 0.15) is 25.7 Å². The number of rotatable bonds is 4. The van der Waals surface area contributed by atoms with Gasteiger partial charge in [-0.1, -0.05) is 0 Å². The highest BCUT2D eigenvalue weighted by molar-refractivity contribution is 4.82. The molecule has 1 heterocycles. The molecule has 0 aromatic rings. The van der Waals surface area contributed by atoms with E-state index in [9.17, 15) is 13.2 Å². The second kappa shape index (κ2) is 5.73. The van der Waals surface area contributed by atoms with Gasteiger partial charge in [-0.2, -0.15) is 13.2 Å². The van der Waals surface area contributed by atoms with Gasteiger partial charge >= 0.3 is 6.18 Å². The van der Waals surface area contributed by atoms with E-state index in [0.29, 0.717) is 13.2 Å². The van der Waals surface area contributed by atoms with Crippen LogP contribution in [0.5, 0.6) is 0 Å². The predicted octanol–water partition coefficient (Wildman–Crippen LogP) is 2.23. The van der Waals surface area contributed by atoms with E-state index in [1.807, 2.05) is 0 Å². The van der Waals surface area contributed by atoms with Crippen molar-refractivity contribution >= 4 is 0 Å². The first kappa shape index (κ1) is 14.0. The second-order valence-corrected chi connectivity index (χ2v) is 4.56. The Labute approximate surface area is 103 Å². The van der Waals surface area contributed by atoms with Crippen LogP contribution in [0.2, 0.25) is 0 Å². The van der Waals surface area contributed by atoms with E-state index >= 15 is 0 Å². The highest BCUT2D eigenvalue weighted by Crippen LogP contribution is 2.36. The van der Waals surface area contributed by atoms with Crippen LogP contribution < -0.4 is 0 Å². The summed E-state index contributed by atoms with van der Waals surface area (Å²) in [4.78, 5) is 0. The van der Waals surface area contributed by atoms with E-state index in [4.69, 9.17) is 14.2 Å². The van der Waals surface area contributed by atoms with Crippen LogP contribution >= 0.6 is 0 Å². The highest BCUT2D eigenvalue weighted by Gasteiger charge is 2.40. The van der Waals surface area contributed by atoms with E-state index in [-0.39, 0.29) is 12.9 Å². The largest absolute Gasteiger partial charge is 0.411 e. The molecule has 18 heavy (non-hydrogen) atoms. The van der Waals surface area contributed by atoms with E-state index in [1.165, 1.54) is 0 Å². The zero-order valence-corrected chi connectivity index (χ0v) is 10.0. The van der Waals surface area contributed by atoms with Gasteiger partial charge in [0, 0.05) is 12.8 Å². The summed E-state index contributed by atoms with van der Waals surface area (Å²) in [6.45, 7) is -0.366. The Balaban J connectivity index is 1.59. The minimum Gasteiger partial charge on any atom is -0.352 e. The van der Waals surface area contributed by atoms with Crippen LogP contribution in [0, 0.1) is 0 Å². The molecule has 0 atom stereocenters. The van der Waals surface area contributed by atoms with Gasteiger partial charge < -0.3 is 18.9 Å². The van der Waals surface area contributed by atoms with Crippen LogP contribution in [0.3, 0.4) is 0 Å². The van der Waals surface area contributed by atoms with Crippen molar-refractivity contribution in [1.82, 2.24) is 0 Å². The molecule has 1 aliphatic heterocycles. The zero-order valence-electron chi connectivity index (χ0n) is 10.0. The fourth-order valence-corrected chi connectivity index (χ4v) is 2.29. The van der Waals surface area contributed by atoms with Gasteiger partial charge in [-0.25, -0.2) is 0 Å². The summed E-state index contributed by atoms with van der Waals surface area (Å²) < 4.78 is 56.2. The lowest BCUT2D eigenvalue weighted by atomic mass is 9.92. The van der Waals surface area contributed by atoms with Gasteiger partial charge in [0.1, 0.15) is 13.4 Å². The van der Waals surface area contributed by atoms with Crippen molar-refractivity contribution in [1.29, 1.82) is 0 Å². The molecule has 1 saturated heterocycles. The van der Waals surface area contributed by atoms with Crippen molar-refractivity contribution in [2.45, 2.75) is 43.8 Å². The minimum absolute atomic E-state index is 0.0725. The molecule has 1 spiro atoms. The molecule has 0 unspecified atom stereocenters. The Bertz CT molecular complexity index is 254. The van der Waals surface area contributed by atoms with E-state index in [0.717, 1.165) is 25.7 Å². The topological polar surface area (TPSA) is 36.9 Å². The molecule has 0 N–H and O–H groups in total. The lowest BCUT2D eigenvalue weighted by Crippen LogP contribution is -2.37. The SMILES string of the molecule is FC(F)(F)COCOC1CCC2(CC1)OCCO2. The fraction of sp³-hybridized carbons (Fsp3) is 1.00. The van der Waals surface area contributed by atoms with Crippen LogP contribution in [0.4, 0.5) is 13.2 Å². The molecular weight excluding hydrogens is 253 g/mol. The van der Waals surface area contributed by atoms with Crippen molar-refractivity contribution in [2.24, 2.45) is 0 Å². The normalized spacial score (nSPS) is 24.8. The fourth-order valence-electron chi connectivity index (χ4n) is 2.29. The maximum absolute atomic E-state index is 11.8. The molecule has 0 radical (unpaired) electrons. The third-order valence-corrected chi connectivity index (χ3v) is 3.16. The molecule has 106 valence electrons. The summed E-state index contributed by atoms with van der Waals surface area (Å²) in [6.07, 6.45) is -1.50. The van der Waals surface area contributed by atoms with Crippen LogP contribution in [-0.2, 0) is 18.9 Å². The first-order chi connectivity index (χ1) is 8.49. The Hall–Kier alpha value is -0.370. The molecule has 2 fully saturated rings. The molecule has 4 nitrogen and oxygen atoms in total. The molecule has 0 bridgehead atoms. The van der Waals surface area contributed by atoms with Gasteiger partial charge in [0.15, 0.2) is 5.79 Å². The third kappa shape index (κ3) is 4.08. The quantitative estimate of drug-likeness (QED) is 0.580. The molecule has 2 aliphatic rings. The maximum atomic E-state index is 11.8. The first-order valence-corrected chi connectivity index (χ1v) is 6.03. The number of hydrogen-bond acceptors (Lipinski definition) is 4. The van der Waals surface area contributed by atoms with E-state index in [1.54, 1.807) is 0 Å². The Morgan fingerprint density at radius 1 is 1.11 bits per heavy atom. The Kier molecular flexibility index (Phi) is 4.47. The van der Waals surface area contributed by atoms with E-state index in [2.05, 4.69) is 4.74 Å². The van der Waals surface area contributed by atoms with Gasteiger partial charge in [-0.05, 0) is 12.8 Å². The van der Waals surface area contributed by atoms with Crippen molar-refractivity contribution in [3.05, 3.63) is 0 Å². The standard InChI is InChI=1S/C11H17F3O4/c12-11(13,14)7-15-8-16-9-1-3-10(4-2-9)17-5-6-18-10/h9H,1-8H2. The molecule has 7 heteroatoms. The van der Waals surface area contributed by atoms with Crippen molar-refractivity contribution in [2.75, 3.05) is 26.6 Å². The summed E-state index contributed by atoms with van der Waals surface area (Å²) >= 11 is 0. The average molecular weight is 270 g/mol. The molecule has 2 rings (SSSR count). The summed E-state index contributed by atoms with van der Waals surface area (Å²) in [5.41, 5.74) is 0. The monoisotopic (exact) mass is 270 g/mol. The van der Waals surface area contributed by atoms with Crippen molar-refractivity contribution < 1.29 is 32.1 Å². The van der Waals surface area contributed by atoms with Crippen LogP contribution in [0.25, 0.3) is 0 Å². The molecule has 0 aromatic heterocycles. The van der Waals surface area contributed by atoms with Crippen LogP contribution in [0.15, 0.2) is 0 Å². The average Bonchev–Trinajstić information content (AvgIpc) is 2.75. The van der Waals surface area contributed by atoms with E-state index < -0.39 is 18.6 Å². The number of hydrogen-bond donors (Lipinski definition) is 0. The van der Waals surface area contributed by atoms with Crippen LogP contribution in [-0.4, -0.2) is 44.7 Å². The smallest absolute Gasteiger partial charge is 0.352 e. The van der Waals surface area contributed by atoms with Crippen molar-refractivity contribution in [3.63, 3.8) is 0 Å². The Morgan fingerprint density at radius 2 is 1.72 bits per heavy atom. The van der Waals surface area contributed by atoms with Gasteiger partial charge in [0.25, 0.3) is 0 Å².